The topological polar surface area (TPSA) is 91.4 Å². The number of aromatic nitrogens is 1. The minimum atomic E-state index is -4.44. The Morgan fingerprint density at radius 2 is 1.77 bits per heavy atom. The van der Waals surface area contributed by atoms with Gasteiger partial charge in [-0.25, -0.2) is 14.7 Å². The molecular formula is C24H19F3N4O3S. The van der Waals surface area contributed by atoms with E-state index in [0.717, 1.165) is 4.90 Å². The van der Waals surface area contributed by atoms with E-state index in [2.05, 4.69) is 15.6 Å². The molecule has 1 saturated heterocycles. The van der Waals surface area contributed by atoms with Gasteiger partial charge in [-0.2, -0.15) is 13.2 Å². The summed E-state index contributed by atoms with van der Waals surface area (Å²) in [6.07, 6.45) is 1.59. The van der Waals surface area contributed by atoms with Crippen LogP contribution in [-0.2, 0) is 11.2 Å². The van der Waals surface area contributed by atoms with Gasteiger partial charge in [-0.3, -0.25) is 9.59 Å². The number of rotatable bonds is 6. The Morgan fingerprint density at radius 3 is 2.43 bits per heavy atom. The lowest BCUT2D eigenvalue weighted by Gasteiger charge is -2.22. The van der Waals surface area contributed by atoms with Crippen LogP contribution in [0.2, 0.25) is 0 Å². The summed E-state index contributed by atoms with van der Waals surface area (Å²) in [6, 6.07) is 16.2. The van der Waals surface area contributed by atoms with Crippen molar-refractivity contribution in [2.45, 2.75) is 29.3 Å². The average Bonchev–Trinajstić information content (AvgIpc) is 3.02. The van der Waals surface area contributed by atoms with Crippen LogP contribution in [0.5, 0.6) is 0 Å². The van der Waals surface area contributed by atoms with Gasteiger partial charge in [-0.1, -0.05) is 18.2 Å². The fourth-order valence-corrected chi connectivity index (χ4v) is 4.21. The number of amides is 4. The minimum absolute atomic E-state index is 0.0575. The number of thioether (sulfide) groups is 1. The molecule has 1 fully saturated rings. The molecule has 7 nitrogen and oxygen atoms in total. The first-order valence-electron chi connectivity index (χ1n) is 10.4. The fraction of sp³-hybridized carbons (Fsp3) is 0.167. The molecule has 1 aliphatic rings. The van der Waals surface area contributed by atoms with Crippen molar-refractivity contribution in [3.8, 4) is 0 Å². The number of anilines is 2. The van der Waals surface area contributed by atoms with Gasteiger partial charge in [0.05, 0.1) is 5.69 Å². The van der Waals surface area contributed by atoms with Crippen LogP contribution in [0.3, 0.4) is 0 Å². The van der Waals surface area contributed by atoms with Crippen LogP contribution in [0.4, 0.5) is 29.5 Å². The molecule has 2 aromatic carbocycles. The van der Waals surface area contributed by atoms with Gasteiger partial charge in [0.1, 0.15) is 11.4 Å². The summed E-state index contributed by atoms with van der Waals surface area (Å²) in [6.45, 7) is 1.56. The van der Waals surface area contributed by atoms with E-state index < -0.39 is 23.0 Å². The van der Waals surface area contributed by atoms with E-state index in [4.69, 9.17) is 0 Å². The van der Waals surface area contributed by atoms with Gasteiger partial charge in [0.15, 0.2) is 0 Å². The lowest BCUT2D eigenvalue weighted by molar-refractivity contribution is -0.121. The average molecular weight is 501 g/mol. The summed E-state index contributed by atoms with van der Waals surface area (Å²) in [5.41, 5.74) is -4.49. The van der Waals surface area contributed by atoms with Gasteiger partial charge in [0.25, 0.3) is 11.8 Å². The van der Waals surface area contributed by atoms with Crippen molar-refractivity contribution in [2.75, 3.05) is 10.2 Å². The lowest BCUT2D eigenvalue weighted by Crippen LogP contribution is -2.46. The number of halogens is 3. The molecule has 1 aromatic heterocycles. The van der Waals surface area contributed by atoms with Gasteiger partial charge < -0.3 is 10.6 Å². The third kappa shape index (κ3) is 5.62. The highest BCUT2D eigenvalue weighted by molar-refractivity contribution is 8.00. The van der Waals surface area contributed by atoms with Crippen molar-refractivity contribution in [1.29, 1.82) is 0 Å². The number of hydrogen-bond acceptors (Lipinski definition) is 5. The molecule has 0 aliphatic carbocycles. The van der Waals surface area contributed by atoms with E-state index in [0.29, 0.717) is 11.1 Å². The van der Waals surface area contributed by atoms with E-state index in [9.17, 15) is 27.6 Å². The summed E-state index contributed by atoms with van der Waals surface area (Å²) in [5.74, 6) is -0.609. The molecule has 1 unspecified atom stereocenters. The standard InChI is InChI=1S/C24H19F3N4O3S/c1-23(14-15-11-12-28-19(13-15)29-20(32)16-5-3-2-4-6-16)21(33)31(22(34)30-23)17-7-9-18(10-8-17)35-24(25,26)27/h2-13H,14H2,1H3,(H,30,34)(H,28,29,32). The molecule has 1 aliphatic heterocycles. The second-order valence-electron chi connectivity index (χ2n) is 7.99. The molecule has 0 radical (unpaired) electrons. The highest BCUT2D eigenvalue weighted by Crippen LogP contribution is 2.38. The highest BCUT2D eigenvalue weighted by atomic mass is 32.2. The van der Waals surface area contributed by atoms with Crippen molar-refractivity contribution in [1.82, 2.24) is 10.3 Å². The zero-order chi connectivity index (χ0) is 25.2. The van der Waals surface area contributed by atoms with Crippen molar-refractivity contribution in [3.05, 3.63) is 84.1 Å². The SMILES string of the molecule is CC1(Cc2ccnc(NC(=O)c3ccccc3)c2)NC(=O)N(c2ccc(SC(F)(F)F)cc2)C1=O. The highest BCUT2D eigenvalue weighted by Gasteiger charge is 2.48. The van der Waals surface area contributed by atoms with E-state index in [-0.39, 0.29) is 40.5 Å². The summed E-state index contributed by atoms with van der Waals surface area (Å²) >= 11 is -0.281. The lowest BCUT2D eigenvalue weighted by atomic mass is 9.93. The number of carbonyl (C=O) groups excluding carboxylic acids is 3. The van der Waals surface area contributed by atoms with Crippen LogP contribution in [-0.4, -0.2) is 33.9 Å². The monoisotopic (exact) mass is 500 g/mol. The van der Waals surface area contributed by atoms with Crippen molar-refractivity contribution in [2.24, 2.45) is 0 Å². The largest absolute Gasteiger partial charge is 0.446 e. The number of pyridine rings is 1. The van der Waals surface area contributed by atoms with Crippen LogP contribution >= 0.6 is 11.8 Å². The van der Waals surface area contributed by atoms with E-state index in [1.165, 1.54) is 30.5 Å². The van der Waals surface area contributed by atoms with E-state index in [1.807, 2.05) is 0 Å². The number of urea groups is 1. The normalized spacial score (nSPS) is 17.9. The Kier molecular flexibility index (Phi) is 6.53. The summed E-state index contributed by atoms with van der Waals surface area (Å²) < 4.78 is 37.7. The van der Waals surface area contributed by atoms with E-state index in [1.54, 1.807) is 49.4 Å². The predicted molar refractivity (Wildman–Crippen MR) is 125 cm³/mol. The van der Waals surface area contributed by atoms with Gasteiger partial charge in [-0.15, -0.1) is 0 Å². The van der Waals surface area contributed by atoms with Crippen LogP contribution in [0.1, 0.15) is 22.8 Å². The Bertz CT molecular complexity index is 1270. The van der Waals surface area contributed by atoms with Gasteiger partial charge >= 0.3 is 11.5 Å². The smallest absolute Gasteiger partial charge is 0.323 e. The molecule has 35 heavy (non-hydrogen) atoms. The van der Waals surface area contributed by atoms with Crippen molar-refractivity contribution in [3.63, 3.8) is 0 Å². The molecule has 0 bridgehead atoms. The molecule has 0 spiro atoms. The van der Waals surface area contributed by atoms with Crippen LogP contribution in [0, 0.1) is 0 Å². The number of nitrogens with one attached hydrogen (secondary N) is 2. The third-order valence-electron chi connectivity index (χ3n) is 5.25. The van der Waals surface area contributed by atoms with E-state index >= 15 is 0 Å². The third-order valence-corrected chi connectivity index (χ3v) is 5.99. The molecule has 3 aromatic rings. The summed E-state index contributed by atoms with van der Waals surface area (Å²) in [4.78, 5) is 43.2. The van der Waals surface area contributed by atoms with Crippen LogP contribution in [0.15, 0.2) is 77.8 Å². The Hall–Kier alpha value is -3.86. The number of hydrogen-bond donors (Lipinski definition) is 2. The summed E-state index contributed by atoms with van der Waals surface area (Å²) in [5, 5.41) is 5.36. The maximum Gasteiger partial charge on any atom is 0.446 e. The second kappa shape index (κ2) is 9.41. The molecule has 2 heterocycles. The van der Waals surface area contributed by atoms with Gasteiger partial charge in [-0.05, 0) is 72.8 Å². The Morgan fingerprint density at radius 1 is 1.09 bits per heavy atom. The molecule has 4 rings (SSSR count). The number of imide groups is 1. The first kappa shape index (κ1) is 24.3. The Balaban J connectivity index is 1.48. The van der Waals surface area contributed by atoms with Gasteiger partial charge in [0, 0.05) is 23.1 Å². The van der Waals surface area contributed by atoms with Crippen molar-refractivity contribution >= 4 is 41.1 Å². The predicted octanol–water partition coefficient (Wildman–Crippen LogP) is 5.00. The number of benzene rings is 2. The molecule has 180 valence electrons. The first-order chi connectivity index (χ1) is 16.5. The zero-order valence-electron chi connectivity index (χ0n) is 18.3. The fourth-order valence-electron chi connectivity index (χ4n) is 3.67. The number of carbonyl (C=O) groups is 3. The van der Waals surface area contributed by atoms with Crippen molar-refractivity contribution < 1.29 is 27.6 Å². The number of nitrogens with zero attached hydrogens (tertiary/aromatic N) is 2. The summed E-state index contributed by atoms with van der Waals surface area (Å²) in [7, 11) is 0. The second-order valence-corrected chi connectivity index (χ2v) is 9.13. The molecule has 1 atom stereocenters. The maximum absolute atomic E-state index is 13.2. The molecular weight excluding hydrogens is 481 g/mol. The first-order valence-corrected chi connectivity index (χ1v) is 11.2. The Labute approximate surface area is 202 Å². The maximum atomic E-state index is 13.2. The van der Waals surface area contributed by atoms with Crippen LogP contribution in [0.25, 0.3) is 0 Å². The molecule has 0 saturated carbocycles. The van der Waals surface area contributed by atoms with Crippen LogP contribution < -0.4 is 15.5 Å². The minimum Gasteiger partial charge on any atom is -0.323 e. The van der Waals surface area contributed by atoms with Gasteiger partial charge in [0.2, 0.25) is 0 Å². The quantitative estimate of drug-likeness (QED) is 0.367. The number of alkyl halides is 3. The zero-order valence-corrected chi connectivity index (χ0v) is 19.1. The molecule has 11 heteroatoms. The molecule has 4 amide bonds. The molecule has 2 N–H and O–H groups in total.